The summed E-state index contributed by atoms with van der Waals surface area (Å²) in [7, 11) is -1.82. The van der Waals surface area contributed by atoms with Gasteiger partial charge in [0.25, 0.3) is 0 Å². The van der Waals surface area contributed by atoms with E-state index in [1.165, 1.54) is 12.1 Å². The van der Waals surface area contributed by atoms with Crippen molar-refractivity contribution in [2.24, 2.45) is 0 Å². The van der Waals surface area contributed by atoms with Crippen LogP contribution in [-0.2, 0) is 0 Å². The van der Waals surface area contributed by atoms with E-state index in [9.17, 15) is 9.18 Å². The standard InChI is InChI=1S/C10H12ClFO2Si/c1-15(2,3)7-5-4-6(10(13)14)8(11)9(7)12/h4-5H,1-3H3,(H,13,14). The van der Waals surface area contributed by atoms with Gasteiger partial charge in [-0.1, -0.05) is 37.3 Å². The molecule has 1 N–H and O–H groups in total. The Morgan fingerprint density at radius 3 is 2.33 bits per heavy atom. The largest absolute Gasteiger partial charge is 0.478 e. The molecule has 0 radical (unpaired) electrons. The number of hydrogen-bond donors (Lipinski definition) is 1. The molecule has 0 aliphatic carbocycles. The molecule has 0 fully saturated rings. The molecule has 1 rings (SSSR count). The number of carboxylic acid groups (broad SMARTS) is 1. The van der Waals surface area contributed by atoms with Gasteiger partial charge >= 0.3 is 5.97 Å². The Bertz CT molecular complexity index is 413. The third-order valence-corrected chi connectivity index (χ3v) is 4.49. The number of carbonyl (C=O) groups is 1. The number of carboxylic acids is 1. The van der Waals surface area contributed by atoms with Crippen molar-refractivity contribution < 1.29 is 14.3 Å². The summed E-state index contributed by atoms with van der Waals surface area (Å²) in [4.78, 5) is 10.7. The molecule has 0 saturated heterocycles. The van der Waals surface area contributed by atoms with Gasteiger partial charge in [-0.05, 0) is 11.3 Å². The summed E-state index contributed by atoms with van der Waals surface area (Å²) >= 11 is 5.67. The van der Waals surface area contributed by atoms with Crippen LogP contribution in [0.3, 0.4) is 0 Å². The molecule has 0 bridgehead atoms. The van der Waals surface area contributed by atoms with Gasteiger partial charge in [0.05, 0.1) is 18.7 Å². The van der Waals surface area contributed by atoms with Crippen molar-refractivity contribution in [3.63, 3.8) is 0 Å². The molecule has 0 atom stereocenters. The minimum atomic E-state index is -1.82. The molecule has 0 aliphatic rings. The van der Waals surface area contributed by atoms with E-state index in [2.05, 4.69) is 0 Å². The topological polar surface area (TPSA) is 37.3 Å². The minimum absolute atomic E-state index is 0.184. The predicted octanol–water partition coefficient (Wildman–Crippen LogP) is 2.72. The van der Waals surface area contributed by atoms with Gasteiger partial charge in [-0.25, -0.2) is 9.18 Å². The van der Waals surface area contributed by atoms with E-state index in [4.69, 9.17) is 16.7 Å². The lowest BCUT2D eigenvalue weighted by atomic mass is 10.2. The first-order valence-electron chi connectivity index (χ1n) is 4.47. The molecule has 0 unspecified atom stereocenters. The molecule has 15 heavy (non-hydrogen) atoms. The quantitative estimate of drug-likeness (QED) is 0.815. The van der Waals surface area contributed by atoms with Crippen molar-refractivity contribution in [3.8, 4) is 0 Å². The van der Waals surface area contributed by atoms with Gasteiger partial charge < -0.3 is 5.11 Å². The van der Waals surface area contributed by atoms with E-state index in [0.29, 0.717) is 5.19 Å². The lowest BCUT2D eigenvalue weighted by molar-refractivity contribution is 0.0696. The Balaban J connectivity index is 3.41. The van der Waals surface area contributed by atoms with E-state index >= 15 is 0 Å². The SMILES string of the molecule is C[Si](C)(C)c1ccc(C(=O)O)c(Cl)c1F. The van der Waals surface area contributed by atoms with Crippen LogP contribution in [0.5, 0.6) is 0 Å². The minimum Gasteiger partial charge on any atom is -0.478 e. The molecule has 0 heterocycles. The molecule has 0 amide bonds. The second kappa shape index (κ2) is 3.94. The van der Waals surface area contributed by atoms with E-state index in [1.54, 1.807) is 0 Å². The van der Waals surface area contributed by atoms with Crippen LogP contribution in [0.1, 0.15) is 10.4 Å². The Morgan fingerprint density at radius 1 is 1.40 bits per heavy atom. The molecule has 5 heteroatoms. The van der Waals surface area contributed by atoms with Crippen molar-refractivity contribution in [1.82, 2.24) is 0 Å². The number of halogens is 2. The van der Waals surface area contributed by atoms with Gasteiger partial charge in [0.15, 0.2) is 0 Å². The molecule has 0 aromatic heterocycles. The molecule has 1 aromatic rings. The Labute approximate surface area is 93.7 Å². The van der Waals surface area contributed by atoms with Crippen molar-refractivity contribution in [2.75, 3.05) is 0 Å². The highest BCUT2D eigenvalue weighted by molar-refractivity contribution is 6.88. The number of rotatable bonds is 2. The summed E-state index contributed by atoms with van der Waals surface area (Å²) in [6.45, 7) is 5.92. The van der Waals surface area contributed by atoms with Crippen LogP contribution in [0.4, 0.5) is 4.39 Å². The van der Waals surface area contributed by atoms with Crippen LogP contribution in [0.15, 0.2) is 12.1 Å². The maximum Gasteiger partial charge on any atom is 0.337 e. The highest BCUT2D eigenvalue weighted by atomic mass is 35.5. The fourth-order valence-corrected chi connectivity index (χ4v) is 2.99. The second-order valence-corrected chi connectivity index (χ2v) is 9.76. The zero-order valence-electron chi connectivity index (χ0n) is 8.77. The Morgan fingerprint density at radius 2 is 1.93 bits per heavy atom. The average Bonchev–Trinajstić information content (AvgIpc) is 2.06. The molecule has 0 saturated carbocycles. The third-order valence-electron chi connectivity index (χ3n) is 2.12. The molecular weight excluding hydrogens is 235 g/mol. The first-order chi connectivity index (χ1) is 6.75. The lowest BCUT2D eigenvalue weighted by Gasteiger charge is -2.18. The number of benzene rings is 1. The van der Waals surface area contributed by atoms with Gasteiger partial charge in [0.1, 0.15) is 5.82 Å². The van der Waals surface area contributed by atoms with Crippen molar-refractivity contribution in [3.05, 3.63) is 28.5 Å². The van der Waals surface area contributed by atoms with Crippen LogP contribution >= 0.6 is 11.6 Å². The number of aromatic carboxylic acids is 1. The maximum absolute atomic E-state index is 13.8. The normalized spacial score (nSPS) is 11.5. The van der Waals surface area contributed by atoms with Gasteiger partial charge in [-0.15, -0.1) is 0 Å². The first-order valence-corrected chi connectivity index (χ1v) is 8.34. The van der Waals surface area contributed by atoms with Crippen LogP contribution in [-0.4, -0.2) is 19.1 Å². The summed E-state index contributed by atoms with van der Waals surface area (Å²) < 4.78 is 13.8. The third kappa shape index (κ3) is 2.38. The van der Waals surface area contributed by atoms with Crippen LogP contribution in [0.25, 0.3) is 0 Å². The molecule has 0 aliphatic heterocycles. The first kappa shape index (κ1) is 12.2. The highest BCUT2D eigenvalue weighted by Crippen LogP contribution is 2.20. The maximum atomic E-state index is 13.8. The van der Waals surface area contributed by atoms with Crippen molar-refractivity contribution in [1.29, 1.82) is 0 Å². The van der Waals surface area contributed by atoms with Gasteiger partial charge in [0, 0.05) is 0 Å². The zero-order chi connectivity index (χ0) is 11.8. The molecular formula is C10H12ClFO2Si. The van der Waals surface area contributed by atoms with Crippen molar-refractivity contribution >= 4 is 30.8 Å². The van der Waals surface area contributed by atoms with E-state index < -0.39 is 19.9 Å². The molecule has 0 spiro atoms. The summed E-state index contributed by atoms with van der Waals surface area (Å²) in [6, 6.07) is 2.89. The average molecular weight is 247 g/mol. The molecule has 82 valence electrons. The van der Waals surface area contributed by atoms with Gasteiger partial charge in [-0.2, -0.15) is 0 Å². The Kier molecular flexibility index (Phi) is 3.21. The van der Waals surface area contributed by atoms with E-state index in [-0.39, 0.29) is 10.6 Å². The van der Waals surface area contributed by atoms with Crippen molar-refractivity contribution in [2.45, 2.75) is 19.6 Å². The number of hydrogen-bond acceptors (Lipinski definition) is 1. The highest BCUT2D eigenvalue weighted by Gasteiger charge is 2.24. The summed E-state index contributed by atoms with van der Waals surface area (Å²) in [5.74, 6) is -1.79. The monoisotopic (exact) mass is 246 g/mol. The lowest BCUT2D eigenvalue weighted by Crippen LogP contribution is -2.40. The zero-order valence-corrected chi connectivity index (χ0v) is 10.5. The summed E-state index contributed by atoms with van der Waals surface area (Å²) in [5, 5.41) is 9.01. The van der Waals surface area contributed by atoms with Gasteiger partial charge in [-0.3, -0.25) is 0 Å². The fourth-order valence-electron chi connectivity index (χ4n) is 1.29. The predicted molar refractivity (Wildman–Crippen MR) is 61.3 cm³/mol. The van der Waals surface area contributed by atoms with Crippen LogP contribution in [0.2, 0.25) is 24.7 Å². The van der Waals surface area contributed by atoms with E-state index in [1.807, 2.05) is 19.6 Å². The summed E-state index contributed by atoms with van der Waals surface area (Å²) in [6.07, 6.45) is 0. The Hall–Kier alpha value is -0.873. The van der Waals surface area contributed by atoms with Crippen LogP contribution in [0, 0.1) is 5.82 Å². The molecule has 1 aromatic carbocycles. The molecule has 2 nitrogen and oxygen atoms in total. The van der Waals surface area contributed by atoms with E-state index in [0.717, 1.165) is 0 Å². The summed E-state index contributed by atoms with van der Waals surface area (Å²) in [5.41, 5.74) is -0.184. The second-order valence-electron chi connectivity index (χ2n) is 4.34. The fraction of sp³-hybridized carbons (Fsp3) is 0.300. The van der Waals surface area contributed by atoms with Gasteiger partial charge in [0.2, 0.25) is 0 Å². The van der Waals surface area contributed by atoms with Crippen LogP contribution < -0.4 is 5.19 Å². The smallest absolute Gasteiger partial charge is 0.337 e.